The first-order chi connectivity index (χ1) is 6.18. The standard InChI is InChI=1S/C9H21NO3/c1-9(8-10,4-7-12-2)13-6-3-5-11/h11H,3-8,10H2,1-2H3. The number of ether oxygens (including phenoxy) is 2. The molecule has 80 valence electrons. The van der Waals surface area contributed by atoms with Crippen molar-refractivity contribution in [1.29, 1.82) is 0 Å². The van der Waals surface area contributed by atoms with Gasteiger partial charge in [0.2, 0.25) is 0 Å². The Balaban J connectivity index is 3.67. The quantitative estimate of drug-likeness (QED) is 0.536. The van der Waals surface area contributed by atoms with Crippen molar-refractivity contribution in [2.75, 3.05) is 33.5 Å². The van der Waals surface area contributed by atoms with Crippen LogP contribution in [0.25, 0.3) is 0 Å². The van der Waals surface area contributed by atoms with Crippen molar-refractivity contribution in [3.05, 3.63) is 0 Å². The molecule has 0 amide bonds. The van der Waals surface area contributed by atoms with Crippen LogP contribution >= 0.6 is 0 Å². The van der Waals surface area contributed by atoms with Gasteiger partial charge in [0.15, 0.2) is 0 Å². The molecule has 0 fully saturated rings. The summed E-state index contributed by atoms with van der Waals surface area (Å²) in [6.07, 6.45) is 1.44. The topological polar surface area (TPSA) is 64.7 Å². The van der Waals surface area contributed by atoms with Crippen LogP contribution in [0.5, 0.6) is 0 Å². The lowest BCUT2D eigenvalue weighted by Crippen LogP contribution is -2.39. The fraction of sp³-hybridized carbons (Fsp3) is 1.00. The van der Waals surface area contributed by atoms with Gasteiger partial charge in [0.05, 0.1) is 5.60 Å². The molecule has 0 radical (unpaired) electrons. The predicted octanol–water partition coefficient (Wildman–Crippen LogP) is 0.139. The van der Waals surface area contributed by atoms with E-state index in [1.54, 1.807) is 7.11 Å². The maximum Gasteiger partial charge on any atom is 0.0798 e. The molecule has 13 heavy (non-hydrogen) atoms. The minimum absolute atomic E-state index is 0.158. The second-order valence-electron chi connectivity index (χ2n) is 3.32. The third-order valence-electron chi connectivity index (χ3n) is 2.02. The average molecular weight is 191 g/mol. The summed E-state index contributed by atoms with van der Waals surface area (Å²) in [5, 5.41) is 8.58. The summed E-state index contributed by atoms with van der Waals surface area (Å²) < 4.78 is 10.5. The molecule has 0 spiro atoms. The van der Waals surface area contributed by atoms with Gasteiger partial charge in [-0.05, 0) is 13.3 Å². The number of hydrogen-bond donors (Lipinski definition) is 2. The molecular formula is C9H21NO3. The molecule has 0 saturated carbocycles. The van der Waals surface area contributed by atoms with Crippen LogP contribution in [0, 0.1) is 0 Å². The van der Waals surface area contributed by atoms with E-state index in [4.69, 9.17) is 20.3 Å². The lowest BCUT2D eigenvalue weighted by molar-refractivity contribution is -0.0471. The van der Waals surface area contributed by atoms with E-state index in [9.17, 15) is 0 Å². The highest BCUT2D eigenvalue weighted by Gasteiger charge is 2.22. The minimum Gasteiger partial charge on any atom is -0.396 e. The van der Waals surface area contributed by atoms with Crippen molar-refractivity contribution in [1.82, 2.24) is 0 Å². The van der Waals surface area contributed by atoms with Crippen LogP contribution in [0.3, 0.4) is 0 Å². The van der Waals surface area contributed by atoms with Gasteiger partial charge in [-0.2, -0.15) is 0 Å². The van der Waals surface area contributed by atoms with Gasteiger partial charge in [0.1, 0.15) is 0 Å². The normalized spacial score (nSPS) is 15.7. The van der Waals surface area contributed by atoms with Crippen molar-refractivity contribution in [3.63, 3.8) is 0 Å². The third kappa shape index (κ3) is 5.99. The molecule has 3 N–H and O–H groups in total. The zero-order valence-electron chi connectivity index (χ0n) is 8.58. The van der Waals surface area contributed by atoms with E-state index in [-0.39, 0.29) is 12.2 Å². The molecule has 0 aliphatic carbocycles. The molecular weight excluding hydrogens is 170 g/mol. The summed E-state index contributed by atoms with van der Waals surface area (Å²) in [6.45, 7) is 3.79. The highest BCUT2D eigenvalue weighted by molar-refractivity contribution is 4.75. The molecule has 4 nitrogen and oxygen atoms in total. The molecule has 1 atom stereocenters. The van der Waals surface area contributed by atoms with Crippen LogP contribution in [0.15, 0.2) is 0 Å². The molecule has 0 aromatic carbocycles. The van der Waals surface area contributed by atoms with Crippen molar-refractivity contribution >= 4 is 0 Å². The van der Waals surface area contributed by atoms with Crippen LogP contribution in [0.1, 0.15) is 19.8 Å². The Bertz CT molecular complexity index is 121. The fourth-order valence-electron chi connectivity index (χ4n) is 0.934. The first-order valence-electron chi connectivity index (χ1n) is 4.62. The second kappa shape index (κ2) is 7.26. The number of aliphatic hydroxyl groups is 1. The molecule has 4 heteroatoms. The van der Waals surface area contributed by atoms with Crippen molar-refractivity contribution in [3.8, 4) is 0 Å². The molecule has 0 aliphatic rings. The molecule has 1 unspecified atom stereocenters. The van der Waals surface area contributed by atoms with Crippen molar-refractivity contribution < 1.29 is 14.6 Å². The fourth-order valence-corrected chi connectivity index (χ4v) is 0.934. The molecule has 0 rings (SSSR count). The second-order valence-corrected chi connectivity index (χ2v) is 3.32. The number of hydrogen-bond acceptors (Lipinski definition) is 4. The Hall–Kier alpha value is -0.160. The summed E-state index contributed by atoms with van der Waals surface area (Å²) in [5.41, 5.74) is 5.27. The van der Waals surface area contributed by atoms with E-state index in [0.717, 1.165) is 6.42 Å². The van der Waals surface area contributed by atoms with E-state index in [2.05, 4.69) is 0 Å². The highest BCUT2D eigenvalue weighted by atomic mass is 16.5. The molecule has 0 aromatic heterocycles. The van der Waals surface area contributed by atoms with Crippen molar-refractivity contribution in [2.24, 2.45) is 5.73 Å². The van der Waals surface area contributed by atoms with Crippen LogP contribution in [-0.2, 0) is 9.47 Å². The lowest BCUT2D eigenvalue weighted by atomic mass is 10.0. The SMILES string of the molecule is COCCC(C)(CN)OCCCO. The first kappa shape index (κ1) is 12.8. The zero-order valence-corrected chi connectivity index (χ0v) is 8.58. The van der Waals surface area contributed by atoms with Gasteiger partial charge in [-0.1, -0.05) is 0 Å². The van der Waals surface area contributed by atoms with Crippen molar-refractivity contribution in [2.45, 2.75) is 25.4 Å². The highest BCUT2D eigenvalue weighted by Crippen LogP contribution is 2.13. The van der Waals surface area contributed by atoms with Crippen LogP contribution in [0.4, 0.5) is 0 Å². The van der Waals surface area contributed by atoms with E-state index in [1.807, 2.05) is 6.92 Å². The maximum absolute atomic E-state index is 8.58. The Labute approximate surface area is 80.0 Å². The summed E-state index contributed by atoms with van der Waals surface area (Å²) in [7, 11) is 1.66. The van der Waals surface area contributed by atoms with Crippen LogP contribution < -0.4 is 5.73 Å². The number of aliphatic hydroxyl groups excluding tert-OH is 1. The smallest absolute Gasteiger partial charge is 0.0798 e. The summed E-state index contributed by atoms with van der Waals surface area (Å²) in [5.74, 6) is 0. The Kier molecular flexibility index (Phi) is 7.17. The number of methoxy groups -OCH3 is 1. The average Bonchev–Trinajstić information content (AvgIpc) is 2.15. The number of nitrogens with two attached hydrogens (primary N) is 1. The largest absolute Gasteiger partial charge is 0.396 e. The van der Waals surface area contributed by atoms with E-state index < -0.39 is 0 Å². The monoisotopic (exact) mass is 191 g/mol. The van der Waals surface area contributed by atoms with Gasteiger partial charge in [-0.25, -0.2) is 0 Å². The summed E-state index contributed by atoms with van der Waals surface area (Å²) >= 11 is 0. The van der Waals surface area contributed by atoms with Crippen LogP contribution in [0.2, 0.25) is 0 Å². The van der Waals surface area contributed by atoms with E-state index in [1.165, 1.54) is 0 Å². The maximum atomic E-state index is 8.58. The Morgan fingerprint density at radius 2 is 2.08 bits per heavy atom. The zero-order chi connectivity index (χ0) is 10.2. The van der Waals surface area contributed by atoms with Gasteiger partial charge < -0.3 is 20.3 Å². The van der Waals surface area contributed by atoms with Gasteiger partial charge in [-0.15, -0.1) is 0 Å². The molecule has 0 bridgehead atoms. The van der Waals surface area contributed by atoms with Gasteiger partial charge in [-0.3, -0.25) is 0 Å². The predicted molar refractivity (Wildman–Crippen MR) is 51.6 cm³/mol. The van der Waals surface area contributed by atoms with Crippen LogP contribution in [-0.4, -0.2) is 44.2 Å². The van der Waals surface area contributed by atoms with Gasteiger partial charge >= 0.3 is 0 Å². The molecule has 0 heterocycles. The molecule has 0 aromatic rings. The third-order valence-corrected chi connectivity index (χ3v) is 2.02. The Morgan fingerprint density at radius 1 is 1.38 bits per heavy atom. The van der Waals surface area contributed by atoms with Gasteiger partial charge in [0, 0.05) is 39.9 Å². The Morgan fingerprint density at radius 3 is 2.54 bits per heavy atom. The first-order valence-corrected chi connectivity index (χ1v) is 4.62. The minimum atomic E-state index is -0.314. The van der Waals surface area contributed by atoms with E-state index >= 15 is 0 Å². The number of rotatable bonds is 8. The molecule has 0 saturated heterocycles. The summed E-state index contributed by atoms with van der Waals surface area (Å²) in [4.78, 5) is 0. The van der Waals surface area contributed by atoms with E-state index in [0.29, 0.717) is 26.2 Å². The lowest BCUT2D eigenvalue weighted by Gasteiger charge is -2.28. The van der Waals surface area contributed by atoms with Gasteiger partial charge in [0.25, 0.3) is 0 Å². The summed E-state index contributed by atoms with van der Waals surface area (Å²) in [6, 6.07) is 0. The molecule has 0 aliphatic heterocycles.